The zero-order chi connectivity index (χ0) is 14.1. The Hall–Kier alpha value is -1.74. The van der Waals surface area contributed by atoms with Crippen LogP contribution < -0.4 is 10.6 Å². The topological polar surface area (TPSA) is 29.3 Å². The van der Waals surface area contributed by atoms with Gasteiger partial charge in [0.05, 0.1) is 0 Å². The average molecular weight is 291 g/mol. The number of hydrogen-bond acceptors (Lipinski definition) is 2. The van der Waals surface area contributed by atoms with Crippen LogP contribution in [-0.2, 0) is 13.0 Å². The molecule has 0 aromatic heterocycles. The molecule has 0 bridgehead atoms. The van der Waals surface area contributed by atoms with Crippen molar-refractivity contribution >= 4 is 23.0 Å². The molecular formula is C16H16ClFN2. The van der Waals surface area contributed by atoms with Crippen LogP contribution in [0.15, 0.2) is 36.4 Å². The lowest BCUT2D eigenvalue weighted by atomic mass is 10.0. The molecule has 0 radical (unpaired) electrons. The number of anilines is 2. The van der Waals surface area contributed by atoms with E-state index in [1.165, 1.54) is 11.6 Å². The van der Waals surface area contributed by atoms with Gasteiger partial charge in [-0.15, -0.1) is 0 Å². The largest absolute Gasteiger partial charge is 0.399 e. The minimum atomic E-state index is -0.217. The summed E-state index contributed by atoms with van der Waals surface area (Å²) in [7, 11) is 0. The maximum absolute atomic E-state index is 13.9. The van der Waals surface area contributed by atoms with Gasteiger partial charge >= 0.3 is 0 Å². The summed E-state index contributed by atoms with van der Waals surface area (Å²) in [4.78, 5) is 2.17. The van der Waals surface area contributed by atoms with E-state index in [0.29, 0.717) is 17.1 Å². The molecule has 20 heavy (non-hydrogen) atoms. The third-order valence-electron chi connectivity index (χ3n) is 3.69. The molecule has 1 aliphatic rings. The van der Waals surface area contributed by atoms with Crippen molar-refractivity contribution in [2.45, 2.75) is 19.4 Å². The number of nitrogen functional groups attached to an aromatic ring is 1. The number of nitrogens with two attached hydrogens (primary N) is 1. The van der Waals surface area contributed by atoms with E-state index < -0.39 is 0 Å². The Morgan fingerprint density at radius 2 is 2.05 bits per heavy atom. The molecule has 0 saturated carbocycles. The highest BCUT2D eigenvalue weighted by Crippen LogP contribution is 2.31. The van der Waals surface area contributed by atoms with Crippen molar-refractivity contribution in [2.24, 2.45) is 0 Å². The first-order valence-electron chi connectivity index (χ1n) is 6.71. The van der Waals surface area contributed by atoms with E-state index in [1.807, 2.05) is 12.1 Å². The Balaban J connectivity index is 1.93. The summed E-state index contributed by atoms with van der Waals surface area (Å²) in [6.45, 7) is 1.42. The van der Waals surface area contributed by atoms with Gasteiger partial charge < -0.3 is 10.6 Å². The van der Waals surface area contributed by atoms with Crippen LogP contribution in [-0.4, -0.2) is 6.54 Å². The fourth-order valence-electron chi connectivity index (χ4n) is 2.70. The molecule has 104 valence electrons. The van der Waals surface area contributed by atoms with Gasteiger partial charge in [0.15, 0.2) is 0 Å². The molecule has 2 N–H and O–H groups in total. The van der Waals surface area contributed by atoms with Crippen LogP contribution >= 0.6 is 11.6 Å². The third-order valence-corrected chi connectivity index (χ3v) is 3.93. The lowest BCUT2D eigenvalue weighted by Gasteiger charge is -2.31. The molecule has 1 aliphatic heterocycles. The first kappa shape index (κ1) is 13.3. The van der Waals surface area contributed by atoms with Crippen molar-refractivity contribution in [3.8, 4) is 0 Å². The van der Waals surface area contributed by atoms with Gasteiger partial charge in [0.2, 0.25) is 0 Å². The smallest absolute Gasteiger partial charge is 0.128 e. The second-order valence-corrected chi connectivity index (χ2v) is 5.59. The quantitative estimate of drug-likeness (QED) is 0.847. The van der Waals surface area contributed by atoms with E-state index in [4.69, 9.17) is 17.3 Å². The lowest BCUT2D eigenvalue weighted by molar-refractivity contribution is 0.598. The zero-order valence-electron chi connectivity index (χ0n) is 11.1. The van der Waals surface area contributed by atoms with Gasteiger partial charge in [-0.3, -0.25) is 0 Å². The van der Waals surface area contributed by atoms with Crippen LogP contribution in [0.25, 0.3) is 0 Å². The van der Waals surface area contributed by atoms with Crippen LogP contribution in [0.3, 0.4) is 0 Å². The van der Waals surface area contributed by atoms with Crippen molar-refractivity contribution in [3.05, 3.63) is 58.4 Å². The van der Waals surface area contributed by atoms with E-state index >= 15 is 0 Å². The zero-order valence-corrected chi connectivity index (χ0v) is 11.8. The number of aryl methyl sites for hydroxylation is 1. The molecule has 1 heterocycles. The number of halogens is 2. The van der Waals surface area contributed by atoms with Gasteiger partial charge in [-0.05, 0) is 48.7 Å². The fourth-order valence-corrected chi connectivity index (χ4v) is 2.90. The summed E-state index contributed by atoms with van der Waals surface area (Å²) < 4.78 is 13.9. The van der Waals surface area contributed by atoms with Crippen molar-refractivity contribution in [3.63, 3.8) is 0 Å². The molecule has 0 saturated heterocycles. The Morgan fingerprint density at radius 3 is 2.90 bits per heavy atom. The standard InChI is InChI=1S/C16H16ClFN2/c17-13-4-6-15(18)12(8-13)10-20-7-1-2-11-3-5-14(19)9-16(11)20/h3-6,8-9H,1-2,7,10,19H2. The van der Waals surface area contributed by atoms with Crippen molar-refractivity contribution in [1.29, 1.82) is 0 Å². The van der Waals surface area contributed by atoms with E-state index in [2.05, 4.69) is 11.0 Å². The van der Waals surface area contributed by atoms with E-state index in [0.717, 1.165) is 30.8 Å². The molecule has 2 nitrogen and oxygen atoms in total. The number of hydrogen-bond donors (Lipinski definition) is 1. The highest BCUT2D eigenvalue weighted by molar-refractivity contribution is 6.30. The van der Waals surface area contributed by atoms with Gasteiger partial charge in [-0.25, -0.2) is 4.39 Å². The molecule has 0 unspecified atom stereocenters. The summed E-state index contributed by atoms with van der Waals surface area (Å²) in [5, 5.41) is 0.561. The maximum Gasteiger partial charge on any atom is 0.128 e. The van der Waals surface area contributed by atoms with E-state index in [9.17, 15) is 4.39 Å². The molecule has 0 fully saturated rings. The maximum atomic E-state index is 13.9. The second-order valence-electron chi connectivity index (χ2n) is 5.15. The number of fused-ring (bicyclic) bond motifs is 1. The van der Waals surface area contributed by atoms with E-state index in [1.54, 1.807) is 12.1 Å². The monoisotopic (exact) mass is 290 g/mol. The minimum Gasteiger partial charge on any atom is -0.399 e. The number of benzene rings is 2. The molecule has 0 amide bonds. The highest BCUT2D eigenvalue weighted by atomic mass is 35.5. The summed E-state index contributed by atoms with van der Waals surface area (Å²) in [6.07, 6.45) is 2.11. The number of nitrogens with zero attached hydrogens (tertiary/aromatic N) is 1. The molecule has 3 rings (SSSR count). The normalized spacial score (nSPS) is 14.2. The molecular weight excluding hydrogens is 275 g/mol. The average Bonchev–Trinajstić information content (AvgIpc) is 2.43. The second kappa shape index (κ2) is 5.33. The number of rotatable bonds is 2. The minimum absolute atomic E-state index is 0.217. The van der Waals surface area contributed by atoms with Gasteiger partial charge in [-0.1, -0.05) is 17.7 Å². The highest BCUT2D eigenvalue weighted by Gasteiger charge is 2.18. The molecule has 2 aromatic carbocycles. The third kappa shape index (κ3) is 2.59. The van der Waals surface area contributed by atoms with Crippen LogP contribution in [0.4, 0.5) is 15.8 Å². The Bertz CT molecular complexity index is 642. The molecule has 2 aromatic rings. The SMILES string of the molecule is Nc1ccc2c(c1)N(Cc1cc(Cl)ccc1F)CCC2. The van der Waals surface area contributed by atoms with Crippen LogP contribution in [0.5, 0.6) is 0 Å². The van der Waals surface area contributed by atoms with Gasteiger partial charge in [-0.2, -0.15) is 0 Å². The Morgan fingerprint density at radius 1 is 1.20 bits per heavy atom. The van der Waals surface area contributed by atoms with E-state index in [-0.39, 0.29) is 5.82 Å². The lowest BCUT2D eigenvalue weighted by Crippen LogP contribution is -2.29. The van der Waals surface area contributed by atoms with Crippen molar-refractivity contribution in [2.75, 3.05) is 17.2 Å². The van der Waals surface area contributed by atoms with Gasteiger partial charge in [0.1, 0.15) is 5.82 Å². The summed E-state index contributed by atoms with van der Waals surface area (Å²) >= 11 is 5.95. The van der Waals surface area contributed by atoms with Crippen molar-refractivity contribution < 1.29 is 4.39 Å². The van der Waals surface area contributed by atoms with Gasteiger partial charge in [0, 0.05) is 35.1 Å². The van der Waals surface area contributed by atoms with Crippen LogP contribution in [0, 0.1) is 5.82 Å². The molecule has 0 spiro atoms. The molecule has 0 atom stereocenters. The van der Waals surface area contributed by atoms with Crippen molar-refractivity contribution in [1.82, 2.24) is 0 Å². The predicted molar refractivity (Wildman–Crippen MR) is 81.6 cm³/mol. The van der Waals surface area contributed by atoms with Gasteiger partial charge in [0.25, 0.3) is 0 Å². The van der Waals surface area contributed by atoms with Crippen LogP contribution in [0.1, 0.15) is 17.5 Å². The molecule has 4 heteroatoms. The Kier molecular flexibility index (Phi) is 3.53. The first-order chi connectivity index (χ1) is 9.63. The fraction of sp³-hybridized carbons (Fsp3) is 0.250. The summed E-state index contributed by atoms with van der Waals surface area (Å²) in [5.74, 6) is -0.217. The summed E-state index contributed by atoms with van der Waals surface area (Å²) in [5.41, 5.74) is 9.60. The Labute approximate surface area is 123 Å². The molecule has 0 aliphatic carbocycles. The van der Waals surface area contributed by atoms with Crippen LogP contribution in [0.2, 0.25) is 5.02 Å². The summed E-state index contributed by atoms with van der Waals surface area (Å²) in [6, 6.07) is 10.6. The predicted octanol–water partition coefficient (Wildman–Crippen LogP) is 4.01. The first-order valence-corrected chi connectivity index (χ1v) is 7.08.